The lowest BCUT2D eigenvalue weighted by Crippen LogP contribution is -2.41. The predicted molar refractivity (Wildman–Crippen MR) is 85.9 cm³/mol. The first-order valence-corrected chi connectivity index (χ1v) is 7.77. The zero-order valence-electron chi connectivity index (χ0n) is 12.9. The molecule has 0 aliphatic heterocycles. The second-order valence-corrected chi connectivity index (χ2v) is 5.18. The van der Waals surface area contributed by atoms with Crippen molar-refractivity contribution in [2.45, 2.75) is 39.7 Å². The number of rotatable bonds is 8. The van der Waals surface area contributed by atoms with Gasteiger partial charge in [-0.1, -0.05) is 25.4 Å². The van der Waals surface area contributed by atoms with Crippen LogP contribution in [0.25, 0.3) is 0 Å². The maximum Gasteiger partial charge on any atom is 0.255 e. The van der Waals surface area contributed by atoms with Crippen LogP contribution in [0.5, 0.6) is 0 Å². The number of anilines is 1. The lowest BCUT2D eigenvalue weighted by molar-refractivity contribution is 0.0622. The minimum absolute atomic E-state index is 0.0567. The minimum Gasteiger partial charge on any atom is -0.395 e. The van der Waals surface area contributed by atoms with Gasteiger partial charge in [-0.2, -0.15) is 0 Å². The molecule has 0 aliphatic carbocycles. The van der Waals surface area contributed by atoms with E-state index < -0.39 is 0 Å². The Morgan fingerprint density at radius 1 is 1.43 bits per heavy atom. The molecule has 0 aliphatic rings. The van der Waals surface area contributed by atoms with Gasteiger partial charge in [0.15, 0.2) is 0 Å². The molecule has 5 nitrogen and oxygen atoms in total. The fourth-order valence-corrected chi connectivity index (χ4v) is 2.54. The Hall–Kier alpha value is -1.33. The zero-order valence-corrected chi connectivity index (χ0v) is 13.7. The van der Waals surface area contributed by atoms with Gasteiger partial charge in [-0.25, -0.2) is 4.98 Å². The Morgan fingerprint density at radius 3 is 2.57 bits per heavy atom. The molecule has 1 aromatic heterocycles. The number of pyridine rings is 1. The number of carbonyl (C=O) groups is 1. The molecular formula is C15H24ClN3O2. The number of nitrogens with one attached hydrogen (secondary N) is 1. The van der Waals surface area contributed by atoms with Crippen LogP contribution in [0, 0.1) is 0 Å². The van der Waals surface area contributed by atoms with Crippen LogP contribution in [-0.4, -0.2) is 46.6 Å². The summed E-state index contributed by atoms with van der Waals surface area (Å²) in [5, 5.41) is 12.7. The van der Waals surface area contributed by atoms with Gasteiger partial charge in [0.25, 0.3) is 5.91 Å². The van der Waals surface area contributed by atoms with Gasteiger partial charge in [0.1, 0.15) is 5.82 Å². The largest absolute Gasteiger partial charge is 0.395 e. The van der Waals surface area contributed by atoms with E-state index in [9.17, 15) is 9.90 Å². The minimum atomic E-state index is -0.143. The average Bonchev–Trinajstić information content (AvgIpc) is 2.49. The van der Waals surface area contributed by atoms with Crippen molar-refractivity contribution in [1.29, 1.82) is 0 Å². The molecule has 1 heterocycles. The topological polar surface area (TPSA) is 65.5 Å². The Morgan fingerprint density at radius 2 is 2.10 bits per heavy atom. The molecule has 21 heavy (non-hydrogen) atoms. The van der Waals surface area contributed by atoms with Crippen LogP contribution in [0.4, 0.5) is 5.82 Å². The molecule has 0 bridgehead atoms. The maximum absolute atomic E-state index is 12.6. The number of hydrogen-bond acceptors (Lipinski definition) is 4. The van der Waals surface area contributed by atoms with Crippen LogP contribution in [0.2, 0.25) is 5.02 Å². The summed E-state index contributed by atoms with van der Waals surface area (Å²) in [6.45, 7) is 6.99. The number of aromatic nitrogens is 1. The van der Waals surface area contributed by atoms with Gasteiger partial charge in [-0.15, -0.1) is 0 Å². The number of nitrogens with zero attached hydrogens (tertiary/aromatic N) is 2. The van der Waals surface area contributed by atoms with Crippen LogP contribution in [-0.2, 0) is 0 Å². The molecular weight excluding hydrogens is 290 g/mol. The summed E-state index contributed by atoms with van der Waals surface area (Å²) in [5.74, 6) is 0.433. The van der Waals surface area contributed by atoms with Crippen LogP contribution in [0.15, 0.2) is 12.3 Å². The van der Waals surface area contributed by atoms with Gasteiger partial charge in [0.05, 0.1) is 17.2 Å². The Balaban J connectivity index is 3.00. The smallest absolute Gasteiger partial charge is 0.255 e. The lowest BCUT2D eigenvalue weighted by Gasteiger charge is -2.30. The van der Waals surface area contributed by atoms with Gasteiger partial charge in [-0.3, -0.25) is 4.79 Å². The standard InChI is InChI=1S/C15H24ClN3O2/c1-4-12(5-2)19(7-8-20)15(21)11-9-13(16)14(17-6-3)18-10-11/h9-10,12,20H,4-8H2,1-3H3,(H,17,18). The fourth-order valence-electron chi connectivity index (χ4n) is 2.31. The Kier molecular flexibility index (Phi) is 7.47. The SMILES string of the molecule is CCNc1ncc(C(=O)N(CCO)C(CC)CC)cc1Cl. The third-order valence-corrected chi connectivity index (χ3v) is 3.71. The Labute approximate surface area is 131 Å². The van der Waals surface area contributed by atoms with Crippen molar-refractivity contribution in [2.75, 3.05) is 25.0 Å². The summed E-state index contributed by atoms with van der Waals surface area (Å²) >= 11 is 6.14. The van der Waals surface area contributed by atoms with Gasteiger partial charge in [0.2, 0.25) is 0 Å². The number of aliphatic hydroxyl groups excluding tert-OH is 1. The van der Waals surface area contributed by atoms with Crippen LogP contribution in [0.1, 0.15) is 44.0 Å². The molecule has 1 rings (SSSR count). The van der Waals surface area contributed by atoms with E-state index in [0.717, 1.165) is 12.8 Å². The van der Waals surface area contributed by atoms with Crippen molar-refractivity contribution >= 4 is 23.3 Å². The van der Waals surface area contributed by atoms with Crippen LogP contribution < -0.4 is 5.32 Å². The van der Waals surface area contributed by atoms with Gasteiger partial charge < -0.3 is 15.3 Å². The molecule has 6 heteroatoms. The Bertz CT molecular complexity index is 464. The van der Waals surface area contributed by atoms with E-state index in [1.54, 1.807) is 11.0 Å². The fraction of sp³-hybridized carbons (Fsp3) is 0.600. The first-order valence-electron chi connectivity index (χ1n) is 7.40. The van der Waals surface area contributed by atoms with Crippen molar-refractivity contribution in [2.24, 2.45) is 0 Å². The summed E-state index contributed by atoms with van der Waals surface area (Å²) in [7, 11) is 0. The molecule has 0 saturated heterocycles. The lowest BCUT2D eigenvalue weighted by atomic mass is 10.1. The normalized spacial score (nSPS) is 10.8. The summed E-state index contributed by atoms with van der Waals surface area (Å²) in [4.78, 5) is 18.5. The average molecular weight is 314 g/mol. The van der Waals surface area contributed by atoms with E-state index in [1.807, 2.05) is 20.8 Å². The molecule has 1 aromatic rings. The third kappa shape index (κ3) is 4.58. The number of hydrogen-bond donors (Lipinski definition) is 2. The molecule has 0 spiro atoms. The summed E-state index contributed by atoms with van der Waals surface area (Å²) in [5.41, 5.74) is 0.446. The predicted octanol–water partition coefficient (Wildman–Crippen LogP) is 2.79. The molecule has 0 atom stereocenters. The van der Waals surface area contributed by atoms with Crippen LogP contribution in [0.3, 0.4) is 0 Å². The number of amides is 1. The highest BCUT2D eigenvalue weighted by atomic mass is 35.5. The van der Waals surface area contributed by atoms with Crippen molar-refractivity contribution < 1.29 is 9.90 Å². The monoisotopic (exact) mass is 313 g/mol. The maximum atomic E-state index is 12.6. The third-order valence-electron chi connectivity index (χ3n) is 3.42. The van der Waals surface area contributed by atoms with E-state index >= 15 is 0 Å². The summed E-state index contributed by atoms with van der Waals surface area (Å²) in [6.07, 6.45) is 3.22. The van der Waals surface area contributed by atoms with Gasteiger partial charge >= 0.3 is 0 Å². The quantitative estimate of drug-likeness (QED) is 0.774. The highest BCUT2D eigenvalue weighted by Crippen LogP contribution is 2.22. The van der Waals surface area contributed by atoms with E-state index in [0.29, 0.717) is 29.5 Å². The summed E-state index contributed by atoms with van der Waals surface area (Å²) < 4.78 is 0. The zero-order chi connectivity index (χ0) is 15.8. The van der Waals surface area contributed by atoms with Gasteiger partial charge in [-0.05, 0) is 25.8 Å². The number of aliphatic hydroxyl groups is 1. The molecule has 0 unspecified atom stereocenters. The van der Waals surface area contributed by atoms with Crippen molar-refractivity contribution in [3.8, 4) is 0 Å². The van der Waals surface area contributed by atoms with E-state index in [4.69, 9.17) is 11.6 Å². The first kappa shape index (κ1) is 17.7. The number of carbonyl (C=O) groups excluding carboxylic acids is 1. The highest BCUT2D eigenvalue weighted by Gasteiger charge is 2.22. The molecule has 0 saturated carbocycles. The molecule has 0 radical (unpaired) electrons. The molecule has 118 valence electrons. The van der Waals surface area contributed by atoms with Crippen LogP contribution >= 0.6 is 11.6 Å². The van der Waals surface area contributed by atoms with Crippen molar-refractivity contribution in [3.05, 3.63) is 22.8 Å². The van der Waals surface area contributed by atoms with E-state index in [2.05, 4.69) is 10.3 Å². The second-order valence-electron chi connectivity index (χ2n) is 4.78. The summed E-state index contributed by atoms with van der Waals surface area (Å²) in [6, 6.07) is 1.73. The second kappa shape index (κ2) is 8.85. The first-order chi connectivity index (χ1) is 10.1. The molecule has 0 aromatic carbocycles. The molecule has 1 amide bonds. The van der Waals surface area contributed by atoms with E-state index in [-0.39, 0.29) is 18.6 Å². The highest BCUT2D eigenvalue weighted by molar-refractivity contribution is 6.33. The van der Waals surface area contributed by atoms with Crippen molar-refractivity contribution in [1.82, 2.24) is 9.88 Å². The van der Waals surface area contributed by atoms with Gasteiger partial charge in [0, 0.05) is 25.3 Å². The number of halogens is 1. The van der Waals surface area contributed by atoms with Crippen molar-refractivity contribution in [3.63, 3.8) is 0 Å². The molecule has 2 N–H and O–H groups in total. The molecule has 0 fully saturated rings. The van der Waals surface area contributed by atoms with E-state index in [1.165, 1.54) is 6.20 Å².